The number of aromatic nitrogens is 3. The van der Waals surface area contributed by atoms with Crippen LogP contribution >= 0.6 is 0 Å². The molecule has 4 aromatic rings. The van der Waals surface area contributed by atoms with E-state index in [2.05, 4.69) is 15.5 Å². The van der Waals surface area contributed by atoms with Gasteiger partial charge in [-0.3, -0.25) is 19.9 Å². The van der Waals surface area contributed by atoms with Gasteiger partial charge in [0.15, 0.2) is 0 Å². The normalized spacial score (nSPS) is 13.7. The Morgan fingerprint density at radius 1 is 1.19 bits per heavy atom. The van der Waals surface area contributed by atoms with Crippen molar-refractivity contribution in [3.05, 3.63) is 59.0 Å². The molecule has 32 heavy (non-hydrogen) atoms. The topological polar surface area (TPSA) is 89.1 Å². The fourth-order valence-electron chi connectivity index (χ4n) is 4.03. The van der Waals surface area contributed by atoms with Gasteiger partial charge >= 0.3 is 6.18 Å². The number of carbonyl (C=O) groups excluding carboxylic acids is 1. The van der Waals surface area contributed by atoms with Crippen molar-refractivity contribution in [2.45, 2.75) is 12.6 Å². The van der Waals surface area contributed by atoms with Gasteiger partial charge in [-0.15, -0.1) is 0 Å². The van der Waals surface area contributed by atoms with Crippen molar-refractivity contribution in [1.82, 2.24) is 20.2 Å². The molecular formula is C21H16F4N6O. The van der Waals surface area contributed by atoms with E-state index >= 15 is 0 Å². The average molecular weight is 444 g/mol. The molecule has 0 saturated carbocycles. The summed E-state index contributed by atoms with van der Waals surface area (Å²) < 4.78 is 55.2. The zero-order valence-electron chi connectivity index (χ0n) is 16.7. The maximum absolute atomic E-state index is 14.8. The Hall–Kier alpha value is -3.89. The van der Waals surface area contributed by atoms with Gasteiger partial charge in [0.05, 0.1) is 39.4 Å². The molecule has 0 aliphatic carbocycles. The molecule has 11 heteroatoms. The number of nitrogen functional groups attached to an aromatic ring is 1. The summed E-state index contributed by atoms with van der Waals surface area (Å²) in [6, 6.07) is 5.82. The van der Waals surface area contributed by atoms with Crippen LogP contribution in [0.4, 0.5) is 29.1 Å². The number of nitrogens with two attached hydrogens (primary N) is 1. The molecule has 0 unspecified atom stereocenters. The van der Waals surface area contributed by atoms with E-state index in [0.29, 0.717) is 34.0 Å². The van der Waals surface area contributed by atoms with E-state index in [1.54, 1.807) is 11.7 Å². The molecule has 0 fully saturated rings. The Morgan fingerprint density at radius 3 is 2.72 bits per heavy atom. The molecule has 0 bridgehead atoms. The number of amides is 1. The number of carbonyl (C=O) groups is 1. The van der Waals surface area contributed by atoms with Crippen LogP contribution < -0.4 is 16.2 Å². The number of hydrogen-bond acceptors (Lipinski definition) is 5. The summed E-state index contributed by atoms with van der Waals surface area (Å²) in [6.45, 7) is 0.266. The van der Waals surface area contributed by atoms with Crippen LogP contribution in [0, 0.1) is 5.82 Å². The molecule has 2 aromatic heterocycles. The number of hydrazine groups is 1. The number of nitrogens with one attached hydrogen (secondary N) is 1. The van der Waals surface area contributed by atoms with Crippen molar-refractivity contribution < 1.29 is 22.4 Å². The van der Waals surface area contributed by atoms with Crippen molar-refractivity contribution in [3.63, 3.8) is 0 Å². The van der Waals surface area contributed by atoms with Crippen LogP contribution in [0.3, 0.4) is 0 Å². The maximum Gasteiger partial charge on any atom is 0.416 e. The predicted octanol–water partition coefficient (Wildman–Crippen LogP) is 3.57. The molecule has 3 N–H and O–H groups in total. The van der Waals surface area contributed by atoms with E-state index in [1.165, 1.54) is 23.3 Å². The van der Waals surface area contributed by atoms with E-state index < -0.39 is 23.5 Å². The van der Waals surface area contributed by atoms with Gasteiger partial charge in [0.1, 0.15) is 11.6 Å². The molecule has 1 aliphatic heterocycles. The molecule has 0 radical (unpaired) electrons. The molecule has 1 amide bonds. The Kier molecular flexibility index (Phi) is 4.26. The maximum atomic E-state index is 14.8. The number of alkyl halides is 3. The van der Waals surface area contributed by atoms with Crippen molar-refractivity contribution in [3.8, 4) is 0 Å². The van der Waals surface area contributed by atoms with Gasteiger partial charge < -0.3 is 5.73 Å². The number of benzene rings is 2. The highest BCUT2D eigenvalue weighted by Gasteiger charge is 2.33. The third-order valence-electron chi connectivity index (χ3n) is 5.58. The number of halogens is 4. The van der Waals surface area contributed by atoms with E-state index in [1.807, 2.05) is 0 Å². The van der Waals surface area contributed by atoms with Gasteiger partial charge in [-0.05, 0) is 36.2 Å². The summed E-state index contributed by atoms with van der Waals surface area (Å²) >= 11 is 0. The molecule has 0 spiro atoms. The lowest BCUT2D eigenvalue weighted by molar-refractivity contribution is -0.137. The highest BCUT2D eigenvalue weighted by atomic mass is 19.4. The lowest BCUT2D eigenvalue weighted by atomic mass is 10.1. The quantitative estimate of drug-likeness (QED) is 0.462. The molecule has 5 rings (SSSR count). The first kappa shape index (κ1) is 20.0. The molecule has 164 valence electrons. The number of hydrogen-bond donors (Lipinski definition) is 2. The lowest BCUT2D eigenvalue weighted by Gasteiger charge is -2.21. The zero-order chi connectivity index (χ0) is 22.8. The Balaban J connectivity index is 1.50. The monoisotopic (exact) mass is 444 g/mol. The Morgan fingerprint density at radius 2 is 1.97 bits per heavy atom. The number of nitrogens with zero attached hydrogens (tertiary/aromatic N) is 4. The molecule has 2 aromatic carbocycles. The second kappa shape index (κ2) is 6.81. The van der Waals surface area contributed by atoms with E-state index in [9.17, 15) is 22.4 Å². The van der Waals surface area contributed by atoms with Gasteiger partial charge in [-0.2, -0.15) is 18.3 Å². The molecule has 0 atom stereocenters. The van der Waals surface area contributed by atoms with Gasteiger partial charge in [0.2, 0.25) is 0 Å². The summed E-state index contributed by atoms with van der Waals surface area (Å²) in [5, 5.41) is 6.64. The third kappa shape index (κ3) is 3.08. The standard InChI is InChI=1S/C21H16F4N6O/c1-30-18-13-7-12(15(22)8-16(13)28-19(26)14(18)9-27-30)20(32)29-31-5-4-10-6-11(21(23,24)25)2-3-17(10)31/h2-3,6-9H,4-5H2,1H3,(H2,26,28)(H,29,32). The predicted molar refractivity (Wildman–Crippen MR) is 110 cm³/mol. The SMILES string of the molecule is Cn1ncc2c(N)nc3cc(F)c(C(=O)NN4CCc5cc(C(F)(F)F)ccc54)cc3c21. The summed E-state index contributed by atoms with van der Waals surface area (Å²) in [5.41, 5.74) is 9.31. The Labute approximate surface area is 178 Å². The lowest BCUT2D eigenvalue weighted by Crippen LogP contribution is -2.41. The number of rotatable bonds is 2. The van der Waals surface area contributed by atoms with E-state index in [0.717, 1.165) is 18.2 Å². The summed E-state index contributed by atoms with van der Waals surface area (Å²) in [6.07, 6.45) is -2.59. The zero-order valence-corrected chi connectivity index (χ0v) is 16.7. The van der Waals surface area contributed by atoms with Crippen LogP contribution in [0.1, 0.15) is 21.5 Å². The van der Waals surface area contributed by atoms with Crippen LogP contribution in [0.15, 0.2) is 36.5 Å². The molecule has 7 nitrogen and oxygen atoms in total. The first-order valence-corrected chi connectivity index (χ1v) is 9.62. The van der Waals surface area contributed by atoms with Gasteiger partial charge in [-0.25, -0.2) is 9.37 Å². The van der Waals surface area contributed by atoms with E-state index in [4.69, 9.17) is 5.73 Å². The minimum Gasteiger partial charge on any atom is -0.383 e. The van der Waals surface area contributed by atoms with Crippen molar-refractivity contribution >= 4 is 39.2 Å². The van der Waals surface area contributed by atoms with Gasteiger partial charge in [-0.1, -0.05) is 0 Å². The molecule has 0 saturated heterocycles. The first-order chi connectivity index (χ1) is 15.1. The fourth-order valence-corrected chi connectivity index (χ4v) is 4.03. The minimum atomic E-state index is -4.45. The fraction of sp³-hybridized carbons (Fsp3) is 0.190. The summed E-state index contributed by atoms with van der Waals surface area (Å²) in [4.78, 5) is 17.1. The summed E-state index contributed by atoms with van der Waals surface area (Å²) in [7, 11) is 1.70. The average Bonchev–Trinajstić information content (AvgIpc) is 3.31. The molecule has 1 aliphatic rings. The minimum absolute atomic E-state index is 0.198. The highest BCUT2D eigenvalue weighted by Crippen LogP contribution is 2.35. The molecular weight excluding hydrogens is 428 g/mol. The number of pyridine rings is 1. The second-order valence-corrected chi connectivity index (χ2v) is 7.56. The summed E-state index contributed by atoms with van der Waals surface area (Å²) in [5.74, 6) is -1.33. The Bertz CT molecular complexity index is 1410. The van der Waals surface area contributed by atoms with Gasteiger partial charge in [0.25, 0.3) is 5.91 Å². The third-order valence-corrected chi connectivity index (χ3v) is 5.58. The first-order valence-electron chi connectivity index (χ1n) is 9.62. The van der Waals surface area contributed by atoms with Crippen molar-refractivity contribution in [1.29, 1.82) is 0 Å². The smallest absolute Gasteiger partial charge is 0.383 e. The van der Waals surface area contributed by atoms with Crippen LogP contribution in [0.5, 0.6) is 0 Å². The van der Waals surface area contributed by atoms with Gasteiger partial charge in [0, 0.05) is 25.0 Å². The highest BCUT2D eigenvalue weighted by molar-refractivity contribution is 6.10. The van der Waals surface area contributed by atoms with Crippen LogP contribution in [0.25, 0.3) is 21.8 Å². The van der Waals surface area contributed by atoms with Crippen molar-refractivity contribution in [2.75, 3.05) is 17.3 Å². The second-order valence-electron chi connectivity index (χ2n) is 7.56. The van der Waals surface area contributed by atoms with Crippen molar-refractivity contribution in [2.24, 2.45) is 7.05 Å². The number of aryl methyl sites for hydroxylation is 1. The van der Waals surface area contributed by atoms with Crippen LogP contribution in [-0.2, 0) is 19.6 Å². The van der Waals surface area contributed by atoms with E-state index in [-0.39, 0.29) is 23.4 Å². The molecule has 3 heterocycles. The van der Waals surface area contributed by atoms with Crippen LogP contribution in [-0.4, -0.2) is 27.2 Å². The van der Waals surface area contributed by atoms with Crippen LogP contribution in [0.2, 0.25) is 0 Å². The number of anilines is 2. The number of fused-ring (bicyclic) bond motifs is 4. The largest absolute Gasteiger partial charge is 0.416 e.